The molecular weight excluding hydrogens is 807 g/mol. The van der Waals surface area contributed by atoms with Crippen LogP contribution in [0.15, 0.2) is 85.5 Å². The largest absolute Gasteiger partial charge is 0.481 e. The summed E-state index contributed by atoms with van der Waals surface area (Å²) in [7, 11) is 7.70. The van der Waals surface area contributed by atoms with Crippen LogP contribution in [-0.2, 0) is 22.4 Å². The predicted octanol–water partition coefficient (Wildman–Crippen LogP) is 5.68. The van der Waals surface area contributed by atoms with E-state index in [1.807, 2.05) is 68.5 Å². The third-order valence-corrected chi connectivity index (χ3v) is 11.6. The molecule has 15 heteroatoms. The van der Waals surface area contributed by atoms with Crippen molar-refractivity contribution in [1.82, 2.24) is 25.1 Å². The van der Waals surface area contributed by atoms with Gasteiger partial charge in [-0.3, -0.25) is 29.1 Å². The Morgan fingerprint density at radius 3 is 1.51 bits per heavy atom. The predicted molar refractivity (Wildman–Crippen MR) is 240 cm³/mol. The van der Waals surface area contributed by atoms with Crippen LogP contribution in [0.2, 0.25) is 0 Å². The molecule has 6 rings (SSSR count). The van der Waals surface area contributed by atoms with E-state index in [1.54, 1.807) is 30.7 Å². The molecule has 2 saturated carbocycles. The lowest BCUT2D eigenvalue weighted by Gasteiger charge is -2.25. The van der Waals surface area contributed by atoms with E-state index in [0.29, 0.717) is 38.3 Å². The van der Waals surface area contributed by atoms with Crippen LogP contribution in [-0.4, -0.2) is 102 Å². The number of carboxylic acid groups (broad SMARTS) is 1. The van der Waals surface area contributed by atoms with Crippen LogP contribution in [0.1, 0.15) is 106 Å². The van der Waals surface area contributed by atoms with E-state index in [9.17, 15) is 28.0 Å². The Kier molecular flexibility index (Phi) is 19.7. The zero-order chi connectivity index (χ0) is 46.1. The first kappa shape index (κ1) is 50.0. The molecular formula is C48H64F2N8O5. The number of aromatic nitrogens is 2. The summed E-state index contributed by atoms with van der Waals surface area (Å²) in [4.78, 5) is 57.8. The van der Waals surface area contributed by atoms with Crippen LogP contribution in [0.25, 0.3) is 0 Å². The van der Waals surface area contributed by atoms with Crippen LogP contribution in [0, 0.1) is 23.5 Å². The van der Waals surface area contributed by atoms with Gasteiger partial charge in [0.15, 0.2) is 0 Å². The number of rotatable bonds is 21. The Labute approximate surface area is 369 Å². The Hall–Kier alpha value is -5.64. The van der Waals surface area contributed by atoms with Crippen molar-refractivity contribution >= 4 is 23.7 Å². The summed E-state index contributed by atoms with van der Waals surface area (Å²) < 4.78 is 27.6. The number of carboxylic acids is 1. The molecule has 2 aromatic carbocycles. The molecule has 13 nitrogen and oxygen atoms in total. The molecule has 8 N–H and O–H groups in total. The summed E-state index contributed by atoms with van der Waals surface area (Å²) >= 11 is 0. The molecule has 2 aliphatic rings. The number of pyridine rings is 2. The fourth-order valence-electron chi connectivity index (χ4n) is 7.39. The smallest absolute Gasteiger partial charge is 0.303 e. The summed E-state index contributed by atoms with van der Waals surface area (Å²) in [6.07, 6.45) is 16.0. The van der Waals surface area contributed by atoms with Crippen LogP contribution < -0.4 is 22.5 Å². The van der Waals surface area contributed by atoms with E-state index in [-0.39, 0.29) is 47.4 Å². The van der Waals surface area contributed by atoms with E-state index < -0.39 is 29.4 Å². The Morgan fingerprint density at radius 2 is 1.16 bits per heavy atom. The number of carbonyl (C=O) groups excluding carboxylic acids is 3. The van der Waals surface area contributed by atoms with E-state index in [2.05, 4.69) is 15.3 Å². The molecule has 0 unspecified atom stereocenters. The van der Waals surface area contributed by atoms with E-state index in [4.69, 9.17) is 22.3 Å². The molecule has 0 aliphatic heterocycles. The van der Waals surface area contributed by atoms with Gasteiger partial charge in [-0.1, -0.05) is 49.9 Å². The highest BCUT2D eigenvalue weighted by molar-refractivity contribution is 5.93. The maximum absolute atomic E-state index is 14.1. The van der Waals surface area contributed by atoms with Gasteiger partial charge in [0, 0.05) is 56.4 Å². The van der Waals surface area contributed by atoms with Gasteiger partial charge in [-0.05, 0) is 136 Å². The van der Waals surface area contributed by atoms with Gasteiger partial charge in [0.05, 0.1) is 17.5 Å². The Balaban J connectivity index is 0.000000229. The zero-order valence-electron chi connectivity index (χ0n) is 36.9. The number of hydrogen-bond donors (Lipinski definition) is 5. The second-order valence-corrected chi connectivity index (χ2v) is 17.2. The van der Waals surface area contributed by atoms with Crippen molar-refractivity contribution in [3.05, 3.63) is 130 Å². The monoisotopic (exact) mass is 870 g/mol. The van der Waals surface area contributed by atoms with Crippen molar-refractivity contribution in [2.75, 3.05) is 41.3 Å². The lowest BCUT2D eigenvalue weighted by Crippen LogP contribution is -2.42. The third-order valence-electron chi connectivity index (χ3n) is 11.6. The molecule has 2 aromatic heterocycles. The quantitative estimate of drug-likeness (QED) is 0.0692. The second-order valence-electron chi connectivity index (χ2n) is 17.2. The van der Waals surface area contributed by atoms with Crippen molar-refractivity contribution in [2.24, 2.45) is 29.0 Å². The summed E-state index contributed by atoms with van der Waals surface area (Å²) in [6.45, 7) is 0.945. The maximum atomic E-state index is 14.1. The van der Waals surface area contributed by atoms with Crippen molar-refractivity contribution in [3.8, 4) is 0 Å². The molecule has 2 fully saturated rings. The number of nitrogens with zero attached hydrogens (tertiary/aromatic N) is 4. The molecule has 2 aliphatic carbocycles. The van der Waals surface area contributed by atoms with Gasteiger partial charge >= 0.3 is 5.97 Å². The normalized spacial score (nSPS) is 15.2. The fourth-order valence-corrected chi connectivity index (χ4v) is 7.39. The number of aliphatic carboxylic acids is 1. The average molecular weight is 871 g/mol. The molecule has 0 bridgehead atoms. The number of likely N-dealkylation sites (N-methyl/N-ethyl adjacent to an activating group) is 2. The summed E-state index contributed by atoms with van der Waals surface area (Å²) in [5.41, 5.74) is 19.4. The minimum atomic E-state index is -0.783. The van der Waals surface area contributed by atoms with Crippen molar-refractivity contribution in [1.29, 1.82) is 0 Å². The maximum Gasteiger partial charge on any atom is 0.303 e. The number of hydrogen-bond acceptors (Lipinski definition) is 9. The highest BCUT2D eigenvalue weighted by Crippen LogP contribution is 2.40. The zero-order valence-corrected chi connectivity index (χ0v) is 36.9. The summed E-state index contributed by atoms with van der Waals surface area (Å²) in [6, 6.07) is 16.9. The Morgan fingerprint density at radius 1 is 0.714 bits per heavy atom. The number of carbonyl (C=O) groups is 4. The molecule has 0 spiro atoms. The van der Waals surface area contributed by atoms with Crippen LogP contribution in [0.4, 0.5) is 8.78 Å². The second kappa shape index (κ2) is 24.9. The molecule has 0 radical (unpaired) electrons. The van der Waals surface area contributed by atoms with Gasteiger partial charge in [0.25, 0.3) is 11.8 Å². The standard InChI is InChI=1S/C24H31FN4O2.C12H18FN3O.C12H15NO2/c1-29(2)20(11-17-7-8-21(24(26)31)22(25)12-17)15-28-23(30)13-19(10-16-5-6-16)18-4-3-9-27-14-18;1-16(2)9(7-14)5-8-3-4-10(12(15)17)11(13)6-8;14-12(15)7-11(6-9-3-4-9)10-2-1-5-13-8-10/h3-4,7-9,12,14,16,19-20H,5-6,10-11,13,15H2,1-2H3,(H2,26,31)(H,28,30);3-4,6,9H,5,7,14H2,1-2H3,(H2,15,17);1-2,5,8-9,11H,3-4,6-7H2,(H,14,15)/t19-,20+;9-;11-/m101/s1. The van der Waals surface area contributed by atoms with Gasteiger partial charge < -0.3 is 37.4 Å². The first-order valence-electron chi connectivity index (χ1n) is 21.5. The number of nitrogens with two attached hydrogens (primary N) is 3. The highest BCUT2D eigenvalue weighted by Gasteiger charge is 2.29. The first-order valence-corrected chi connectivity index (χ1v) is 21.5. The topological polar surface area (TPSA) is 211 Å². The van der Waals surface area contributed by atoms with Gasteiger partial charge in [0.2, 0.25) is 5.91 Å². The number of nitrogens with one attached hydrogen (secondary N) is 1. The lowest BCUT2D eigenvalue weighted by atomic mass is 9.91. The van der Waals surface area contributed by atoms with E-state index >= 15 is 0 Å². The lowest BCUT2D eigenvalue weighted by molar-refractivity contribution is -0.137. The van der Waals surface area contributed by atoms with E-state index in [0.717, 1.165) is 41.0 Å². The number of amides is 3. The van der Waals surface area contributed by atoms with E-state index in [1.165, 1.54) is 49.9 Å². The molecule has 4 aromatic rings. The van der Waals surface area contributed by atoms with Gasteiger partial charge in [-0.2, -0.15) is 0 Å². The van der Waals surface area contributed by atoms with Gasteiger partial charge in [-0.25, -0.2) is 8.78 Å². The molecule has 3 amide bonds. The van der Waals surface area contributed by atoms with Crippen molar-refractivity contribution < 1.29 is 33.1 Å². The number of primary amides is 2. The van der Waals surface area contributed by atoms with Crippen LogP contribution >= 0.6 is 0 Å². The third kappa shape index (κ3) is 17.6. The average Bonchev–Trinajstić information content (AvgIpc) is 4.19. The molecule has 0 saturated heterocycles. The van der Waals surface area contributed by atoms with Crippen LogP contribution in [0.3, 0.4) is 0 Å². The van der Waals surface area contributed by atoms with Crippen LogP contribution in [0.5, 0.6) is 0 Å². The minimum absolute atomic E-state index is 0.0107. The fraction of sp³-hybridized carbons (Fsp3) is 0.458. The molecule has 340 valence electrons. The molecule has 63 heavy (non-hydrogen) atoms. The SMILES string of the molecule is CN(C)[C@H](CN)Cc1ccc(C(N)=O)c(F)c1.CN(C)[C@H](CNC(=O)C[C@@H](CC1CC1)c1cccnc1)Cc1ccc(C(N)=O)c(F)c1.O=C(O)C[C@@H](CC1CC1)c1cccnc1. The molecule has 2 heterocycles. The summed E-state index contributed by atoms with van der Waals surface area (Å²) in [5, 5.41) is 11.9. The van der Waals surface area contributed by atoms with Gasteiger partial charge in [0.1, 0.15) is 11.6 Å². The molecule has 4 atom stereocenters. The number of benzene rings is 2. The van der Waals surface area contributed by atoms with Crippen molar-refractivity contribution in [2.45, 2.75) is 88.1 Å². The van der Waals surface area contributed by atoms with Crippen molar-refractivity contribution in [3.63, 3.8) is 0 Å². The van der Waals surface area contributed by atoms with Gasteiger partial charge in [-0.15, -0.1) is 0 Å². The first-order chi connectivity index (χ1) is 30.0. The minimum Gasteiger partial charge on any atom is -0.481 e. The Bertz CT molecular complexity index is 2080. The summed E-state index contributed by atoms with van der Waals surface area (Å²) in [5.74, 6) is -1.66. The number of halogens is 2. The highest BCUT2D eigenvalue weighted by atomic mass is 19.1.